The lowest BCUT2D eigenvalue weighted by molar-refractivity contribution is 0.430. The molecule has 0 radical (unpaired) electrons. The maximum Gasteiger partial charge on any atom is -0.0175 e. The van der Waals surface area contributed by atoms with E-state index in [1.807, 2.05) is 0 Å². The van der Waals surface area contributed by atoms with E-state index in [1.165, 1.54) is 25.7 Å². The maximum absolute atomic E-state index is 2.39. The van der Waals surface area contributed by atoms with E-state index in [0.29, 0.717) is 5.41 Å². The van der Waals surface area contributed by atoms with Crippen LogP contribution in [0.2, 0.25) is 0 Å². The molecule has 78 valence electrons. The number of hydrogen-bond acceptors (Lipinski definition) is 0. The fourth-order valence-corrected chi connectivity index (χ4v) is 1.56. The molecule has 0 aromatic rings. The van der Waals surface area contributed by atoms with Crippen molar-refractivity contribution >= 4 is 0 Å². The van der Waals surface area contributed by atoms with Gasteiger partial charge in [-0.05, 0) is 30.6 Å². The zero-order valence-electron chi connectivity index (χ0n) is 10.1. The molecule has 0 rings (SSSR count). The minimum atomic E-state index is 0.408. The van der Waals surface area contributed by atoms with Crippen molar-refractivity contribution in [3.8, 4) is 0 Å². The van der Waals surface area contributed by atoms with Crippen LogP contribution in [0, 0.1) is 11.3 Å². The van der Waals surface area contributed by atoms with Crippen molar-refractivity contribution in [2.24, 2.45) is 11.3 Å². The SMILES string of the molecule is CCCC(C)(C)C=CCCC(C)C. The Labute approximate surface area is 84.4 Å². The summed E-state index contributed by atoms with van der Waals surface area (Å²) in [6.45, 7) is 11.5. The van der Waals surface area contributed by atoms with Crippen LogP contribution >= 0.6 is 0 Å². The lowest BCUT2D eigenvalue weighted by atomic mass is 9.87. The summed E-state index contributed by atoms with van der Waals surface area (Å²) >= 11 is 0. The molecular weight excluding hydrogens is 156 g/mol. The first-order chi connectivity index (χ1) is 5.98. The first kappa shape index (κ1) is 12.7. The second-order valence-electron chi connectivity index (χ2n) is 5.11. The van der Waals surface area contributed by atoms with Crippen molar-refractivity contribution in [2.75, 3.05) is 0 Å². The van der Waals surface area contributed by atoms with Crippen molar-refractivity contribution in [3.63, 3.8) is 0 Å². The van der Waals surface area contributed by atoms with E-state index in [-0.39, 0.29) is 0 Å². The quantitative estimate of drug-likeness (QED) is 0.517. The second kappa shape index (κ2) is 6.23. The molecule has 0 aromatic heterocycles. The summed E-state index contributed by atoms with van der Waals surface area (Å²) in [7, 11) is 0. The van der Waals surface area contributed by atoms with Gasteiger partial charge in [0.05, 0.1) is 0 Å². The van der Waals surface area contributed by atoms with Crippen molar-refractivity contribution in [1.82, 2.24) is 0 Å². The summed E-state index contributed by atoms with van der Waals surface area (Å²) in [6, 6.07) is 0. The van der Waals surface area contributed by atoms with E-state index in [9.17, 15) is 0 Å². The Morgan fingerprint density at radius 1 is 1.23 bits per heavy atom. The van der Waals surface area contributed by atoms with E-state index >= 15 is 0 Å². The summed E-state index contributed by atoms with van der Waals surface area (Å²) in [5, 5.41) is 0. The van der Waals surface area contributed by atoms with Crippen LogP contribution in [0.15, 0.2) is 12.2 Å². The van der Waals surface area contributed by atoms with Gasteiger partial charge in [0, 0.05) is 0 Å². The zero-order chi connectivity index (χ0) is 10.3. The van der Waals surface area contributed by atoms with Crippen molar-refractivity contribution < 1.29 is 0 Å². The molecule has 0 heteroatoms. The number of allylic oxidation sites excluding steroid dienone is 2. The molecule has 0 bridgehead atoms. The van der Waals surface area contributed by atoms with Gasteiger partial charge >= 0.3 is 0 Å². The second-order valence-corrected chi connectivity index (χ2v) is 5.11. The lowest BCUT2D eigenvalue weighted by Gasteiger charge is -2.18. The highest BCUT2D eigenvalue weighted by Gasteiger charge is 2.10. The molecule has 0 aliphatic carbocycles. The predicted octanol–water partition coefficient (Wildman–Crippen LogP) is 4.81. The molecule has 0 unspecified atom stereocenters. The van der Waals surface area contributed by atoms with Crippen molar-refractivity contribution in [2.45, 2.75) is 60.3 Å². The van der Waals surface area contributed by atoms with Crippen LogP contribution in [0.1, 0.15) is 60.3 Å². The number of hydrogen-bond donors (Lipinski definition) is 0. The van der Waals surface area contributed by atoms with Gasteiger partial charge in [0.1, 0.15) is 0 Å². The van der Waals surface area contributed by atoms with Crippen LogP contribution in [0.25, 0.3) is 0 Å². The first-order valence-electron chi connectivity index (χ1n) is 5.65. The van der Waals surface area contributed by atoms with Gasteiger partial charge in [-0.15, -0.1) is 0 Å². The highest BCUT2D eigenvalue weighted by molar-refractivity contribution is 4.94. The summed E-state index contributed by atoms with van der Waals surface area (Å²) in [5.41, 5.74) is 0.408. The molecule has 0 amide bonds. The Morgan fingerprint density at radius 3 is 2.31 bits per heavy atom. The van der Waals surface area contributed by atoms with Gasteiger partial charge in [-0.1, -0.05) is 53.2 Å². The summed E-state index contributed by atoms with van der Waals surface area (Å²) in [5.74, 6) is 0.832. The molecule has 0 aliphatic rings. The molecule has 0 fully saturated rings. The van der Waals surface area contributed by atoms with Crippen LogP contribution < -0.4 is 0 Å². The lowest BCUT2D eigenvalue weighted by Crippen LogP contribution is -2.05. The Balaban J connectivity index is 3.69. The molecule has 0 heterocycles. The fraction of sp³-hybridized carbons (Fsp3) is 0.846. The largest absolute Gasteiger partial charge is 0.0880 e. The molecule has 0 spiro atoms. The van der Waals surface area contributed by atoms with Crippen LogP contribution in [-0.4, -0.2) is 0 Å². The van der Waals surface area contributed by atoms with Gasteiger partial charge in [0.15, 0.2) is 0 Å². The molecule has 0 atom stereocenters. The van der Waals surface area contributed by atoms with Crippen LogP contribution in [-0.2, 0) is 0 Å². The molecular formula is C13H26. The third-order valence-electron chi connectivity index (χ3n) is 2.37. The number of rotatable bonds is 6. The standard InChI is InChI=1S/C13H26/c1-6-10-13(4,5)11-8-7-9-12(2)3/h8,11-12H,6-7,9-10H2,1-5H3. The third-order valence-corrected chi connectivity index (χ3v) is 2.37. The van der Waals surface area contributed by atoms with E-state index in [4.69, 9.17) is 0 Å². The molecule has 0 saturated carbocycles. The van der Waals surface area contributed by atoms with Crippen molar-refractivity contribution in [3.05, 3.63) is 12.2 Å². The summed E-state index contributed by atoms with van der Waals surface area (Å²) in [4.78, 5) is 0. The average Bonchev–Trinajstić information content (AvgIpc) is 1.98. The highest BCUT2D eigenvalue weighted by atomic mass is 14.2. The smallest absolute Gasteiger partial charge is 0.0175 e. The minimum absolute atomic E-state index is 0.408. The normalized spacial score (nSPS) is 13.1. The fourth-order valence-electron chi connectivity index (χ4n) is 1.56. The van der Waals surface area contributed by atoms with E-state index < -0.39 is 0 Å². The molecule has 0 N–H and O–H groups in total. The molecule has 13 heavy (non-hydrogen) atoms. The first-order valence-corrected chi connectivity index (χ1v) is 5.65. The predicted molar refractivity (Wildman–Crippen MR) is 61.9 cm³/mol. The average molecular weight is 182 g/mol. The summed E-state index contributed by atoms with van der Waals surface area (Å²) in [6.07, 6.45) is 9.88. The topological polar surface area (TPSA) is 0 Å². The molecule has 0 saturated heterocycles. The van der Waals surface area contributed by atoms with E-state index in [0.717, 1.165) is 5.92 Å². The van der Waals surface area contributed by atoms with Crippen LogP contribution in [0.3, 0.4) is 0 Å². The molecule has 0 nitrogen and oxygen atoms in total. The van der Waals surface area contributed by atoms with Crippen molar-refractivity contribution in [1.29, 1.82) is 0 Å². The zero-order valence-corrected chi connectivity index (χ0v) is 10.1. The minimum Gasteiger partial charge on any atom is -0.0880 e. The third kappa shape index (κ3) is 8.08. The van der Waals surface area contributed by atoms with Gasteiger partial charge in [-0.3, -0.25) is 0 Å². The Hall–Kier alpha value is -0.260. The molecule has 0 aliphatic heterocycles. The van der Waals surface area contributed by atoms with Gasteiger partial charge in [0.25, 0.3) is 0 Å². The Bertz CT molecular complexity index is 140. The van der Waals surface area contributed by atoms with E-state index in [1.54, 1.807) is 0 Å². The molecule has 0 aromatic carbocycles. The summed E-state index contributed by atoms with van der Waals surface area (Å²) < 4.78 is 0. The van der Waals surface area contributed by atoms with Gasteiger partial charge in [-0.25, -0.2) is 0 Å². The Kier molecular flexibility index (Phi) is 6.11. The van der Waals surface area contributed by atoms with Gasteiger partial charge in [0.2, 0.25) is 0 Å². The van der Waals surface area contributed by atoms with Crippen LogP contribution in [0.5, 0.6) is 0 Å². The monoisotopic (exact) mass is 182 g/mol. The Morgan fingerprint density at radius 2 is 1.85 bits per heavy atom. The van der Waals surface area contributed by atoms with Gasteiger partial charge in [-0.2, -0.15) is 0 Å². The van der Waals surface area contributed by atoms with E-state index in [2.05, 4.69) is 46.8 Å². The maximum atomic E-state index is 2.39. The van der Waals surface area contributed by atoms with Crippen LogP contribution in [0.4, 0.5) is 0 Å². The highest BCUT2D eigenvalue weighted by Crippen LogP contribution is 2.24. The van der Waals surface area contributed by atoms with Gasteiger partial charge < -0.3 is 0 Å².